The molecule has 4 nitrogen and oxygen atoms in total. The number of thiophene rings is 1. The quantitative estimate of drug-likeness (QED) is 0.840. The van der Waals surface area contributed by atoms with Gasteiger partial charge in [0.1, 0.15) is 6.61 Å². The molecule has 108 valence electrons. The minimum absolute atomic E-state index is 0.0645. The maximum atomic E-state index is 12.6. The molecule has 0 radical (unpaired) electrons. The Morgan fingerprint density at radius 1 is 1.60 bits per heavy atom. The lowest BCUT2D eigenvalue weighted by Crippen LogP contribution is -2.35. The van der Waals surface area contributed by atoms with Crippen molar-refractivity contribution in [3.05, 3.63) is 21.4 Å². The van der Waals surface area contributed by atoms with E-state index in [1.54, 1.807) is 7.11 Å². The molecule has 0 unspecified atom stereocenters. The zero-order chi connectivity index (χ0) is 14.5. The van der Waals surface area contributed by atoms with Crippen molar-refractivity contribution in [2.24, 2.45) is 0 Å². The van der Waals surface area contributed by atoms with Gasteiger partial charge in [0.15, 0.2) is 0 Å². The molecule has 20 heavy (non-hydrogen) atoms. The molecule has 0 atom stereocenters. The minimum atomic E-state index is -0.164. The molecule has 0 aliphatic heterocycles. The van der Waals surface area contributed by atoms with Crippen LogP contribution in [-0.4, -0.2) is 48.8 Å². The summed E-state index contributed by atoms with van der Waals surface area (Å²) >= 11 is 1.40. The van der Waals surface area contributed by atoms with Crippen LogP contribution in [0.25, 0.3) is 0 Å². The van der Waals surface area contributed by atoms with Crippen molar-refractivity contribution in [2.75, 3.05) is 26.9 Å². The van der Waals surface area contributed by atoms with Crippen LogP contribution >= 0.6 is 11.3 Å². The standard InChI is InChI=1S/C15H19NO3S/c1-11-10-14(20-13(11)4-3-8-17)15(18)16(7-9-19-2)12-5-6-12/h10,12,17H,5-9H2,1-2H3. The van der Waals surface area contributed by atoms with Crippen LogP contribution in [0.3, 0.4) is 0 Å². The number of methoxy groups -OCH3 is 1. The predicted molar refractivity (Wildman–Crippen MR) is 79.0 cm³/mol. The van der Waals surface area contributed by atoms with Crippen LogP contribution in [0.5, 0.6) is 0 Å². The molecule has 0 aromatic carbocycles. The number of hydrogen-bond acceptors (Lipinski definition) is 4. The summed E-state index contributed by atoms with van der Waals surface area (Å²) in [6, 6.07) is 2.25. The third-order valence-electron chi connectivity index (χ3n) is 3.19. The van der Waals surface area contributed by atoms with Crippen molar-refractivity contribution in [3.63, 3.8) is 0 Å². The van der Waals surface area contributed by atoms with Crippen LogP contribution in [0.2, 0.25) is 0 Å². The average Bonchev–Trinajstić information content (AvgIpc) is 3.20. The Hall–Kier alpha value is -1.35. The molecule has 1 N–H and O–H groups in total. The Kier molecular flexibility index (Phi) is 5.18. The topological polar surface area (TPSA) is 49.8 Å². The molecular weight excluding hydrogens is 274 g/mol. The second kappa shape index (κ2) is 6.89. The number of hydrogen-bond donors (Lipinski definition) is 1. The van der Waals surface area contributed by atoms with Crippen LogP contribution in [0.15, 0.2) is 6.07 Å². The number of nitrogens with zero attached hydrogens (tertiary/aromatic N) is 1. The lowest BCUT2D eigenvalue weighted by Gasteiger charge is -2.21. The highest BCUT2D eigenvalue weighted by Gasteiger charge is 2.33. The number of amides is 1. The van der Waals surface area contributed by atoms with E-state index in [2.05, 4.69) is 11.8 Å². The summed E-state index contributed by atoms with van der Waals surface area (Å²) in [5.41, 5.74) is 0.988. The Morgan fingerprint density at radius 3 is 2.95 bits per heavy atom. The van der Waals surface area contributed by atoms with Crippen LogP contribution in [0.1, 0.15) is 33.0 Å². The van der Waals surface area contributed by atoms with E-state index in [1.165, 1.54) is 11.3 Å². The number of ether oxygens (including phenoxy) is 1. The van der Waals surface area contributed by atoms with E-state index >= 15 is 0 Å². The van der Waals surface area contributed by atoms with Crippen molar-refractivity contribution in [2.45, 2.75) is 25.8 Å². The van der Waals surface area contributed by atoms with Gasteiger partial charge in [0.05, 0.1) is 16.4 Å². The van der Waals surface area contributed by atoms with Crippen molar-refractivity contribution in [3.8, 4) is 11.8 Å². The van der Waals surface area contributed by atoms with E-state index < -0.39 is 0 Å². The van der Waals surface area contributed by atoms with Gasteiger partial charge in [-0.2, -0.15) is 0 Å². The Bertz CT molecular complexity index is 537. The van der Waals surface area contributed by atoms with Crippen molar-refractivity contribution >= 4 is 17.2 Å². The normalized spacial score (nSPS) is 13.8. The lowest BCUT2D eigenvalue weighted by atomic mass is 10.2. The maximum absolute atomic E-state index is 12.6. The van der Waals surface area contributed by atoms with Crippen LogP contribution in [0, 0.1) is 18.8 Å². The molecule has 1 aromatic heterocycles. The Labute approximate surface area is 123 Å². The molecule has 1 aliphatic rings. The Morgan fingerprint density at radius 2 is 2.35 bits per heavy atom. The lowest BCUT2D eigenvalue weighted by molar-refractivity contribution is 0.0685. The zero-order valence-corrected chi connectivity index (χ0v) is 12.6. The fraction of sp³-hybridized carbons (Fsp3) is 0.533. The Balaban J connectivity index is 2.14. The highest BCUT2D eigenvalue weighted by atomic mass is 32.1. The monoisotopic (exact) mass is 293 g/mol. The summed E-state index contributed by atoms with van der Waals surface area (Å²) < 4.78 is 5.08. The summed E-state index contributed by atoms with van der Waals surface area (Å²) in [6.45, 7) is 2.96. The highest BCUT2D eigenvalue weighted by Crippen LogP contribution is 2.30. The van der Waals surface area contributed by atoms with Crippen LogP contribution < -0.4 is 0 Å². The SMILES string of the molecule is COCCN(C(=O)c1cc(C)c(C#CCO)s1)C1CC1. The molecule has 0 spiro atoms. The van der Waals surface area contributed by atoms with Gasteiger partial charge in [0.2, 0.25) is 0 Å². The smallest absolute Gasteiger partial charge is 0.264 e. The van der Waals surface area contributed by atoms with Gasteiger partial charge in [-0.15, -0.1) is 11.3 Å². The molecule has 0 bridgehead atoms. The third-order valence-corrected chi connectivity index (χ3v) is 4.33. The summed E-state index contributed by atoms with van der Waals surface area (Å²) in [4.78, 5) is 16.0. The van der Waals surface area contributed by atoms with Gasteiger partial charge in [-0.25, -0.2) is 0 Å². The number of rotatable bonds is 5. The number of aryl methyl sites for hydroxylation is 1. The van der Waals surface area contributed by atoms with E-state index in [1.807, 2.05) is 17.9 Å². The number of aliphatic hydroxyl groups is 1. The largest absolute Gasteiger partial charge is 0.384 e. The van der Waals surface area contributed by atoms with Gasteiger partial charge in [-0.3, -0.25) is 4.79 Å². The number of carbonyl (C=O) groups is 1. The van der Waals surface area contributed by atoms with Gasteiger partial charge in [0, 0.05) is 19.7 Å². The molecule has 5 heteroatoms. The average molecular weight is 293 g/mol. The molecule has 0 saturated heterocycles. The van der Waals surface area contributed by atoms with E-state index in [-0.39, 0.29) is 12.5 Å². The molecule has 2 rings (SSSR count). The first-order valence-corrected chi connectivity index (χ1v) is 7.49. The van der Waals surface area contributed by atoms with Crippen molar-refractivity contribution < 1.29 is 14.6 Å². The maximum Gasteiger partial charge on any atom is 0.264 e. The second-order valence-electron chi connectivity index (χ2n) is 4.81. The third kappa shape index (κ3) is 3.60. The van der Waals surface area contributed by atoms with E-state index in [4.69, 9.17) is 9.84 Å². The van der Waals surface area contributed by atoms with E-state index in [0.717, 1.165) is 23.3 Å². The van der Waals surface area contributed by atoms with Crippen molar-refractivity contribution in [1.29, 1.82) is 0 Å². The fourth-order valence-corrected chi connectivity index (χ4v) is 3.00. The highest BCUT2D eigenvalue weighted by molar-refractivity contribution is 7.14. The number of carbonyl (C=O) groups excluding carboxylic acids is 1. The van der Waals surface area contributed by atoms with Crippen LogP contribution in [-0.2, 0) is 4.74 Å². The first kappa shape index (κ1) is 15.0. The van der Waals surface area contributed by atoms with Gasteiger partial charge in [0.25, 0.3) is 5.91 Å². The van der Waals surface area contributed by atoms with Gasteiger partial charge in [-0.1, -0.05) is 11.8 Å². The molecule has 1 saturated carbocycles. The van der Waals surface area contributed by atoms with Gasteiger partial charge < -0.3 is 14.7 Å². The summed E-state index contributed by atoms with van der Waals surface area (Å²) in [7, 11) is 1.65. The predicted octanol–water partition coefficient (Wildman–Crippen LogP) is 1.65. The molecular formula is C15H19NO3S. The first-order chi connectivity index (χ1) is 9.67. The molecule has 1 fully saturated rings. The van der Waals surface area contributed by atoms with E-state index in [9.17, 15) is 4.79 Å². The fourth-order valence-electron chi connectivity index (χ4n) is 2.00. The molecule has 1 aliphatic carbocycles. The number of aliphatic hydroxyl groups excluding tert-OH is 1. The first-order valence-electron chi connectivity index (χ1n) is 6.67. The summed E-state index contributed by atoms with van der Waals surface area (Å²) in [6.07, 6.45) is 2.16. The summed E-state index contributed by atoms with van der Waals surface area (Å²) in [5.74, 6) is 5.58. The molecule has 1 aromatic rings. The molecule has 1 amide bonds. The van der Waals surface area contributed by atoms with Gasteiger partial charge >= 0.3 is 0 Å². The van der Waals surface area contributed by atoms with E-state index in [0.29, 0.717) is 24.1 Å². The molecule has 1 heterocycles. The van der Waals surface area contributed by atoms with Crippen LogP contribution in [0.4, 0.5) is 0 Å². The van der Waals surface area contributed by atoms with Gasteiger partial charge in [-0.05, 0) is 31.4 Å². The minimum Gasteiger partial charge on any atom is -0.384 e. The second-order valence-corrected chi connectivity index (χ2v) is 5.86. The van der Waals surface area contributed by atoms with Crippen molar-refractivity contribution in [1.82, 2.24) is 4.90 Å². The zero-order valence-electron chi connectivity index (χ0n) is 11.8. The summed E-state index contributed by atoms with van der Waals surface area (Å²) in [5, 5.41) is 8.74.